The zero-order chi connectivity index (χ0) is 14.9. The fraction of sp³-hybridized carbons (Fsp3) is 0.500. The molecule has 112 valence electrons. The number of carbonyl (C=O) groups is 2. The Morgan fingerprint density at radius 3 is 2.81 bits per heavy atom. The number of aliphatic carboxylic acids is 1. The van der Waals surface area contributed by atoms with E-state index in [0.29, 0.717) is 25.9 Å². The molecule has 1 aromatic rings. The van der Waals surface area contributed by atoms with Crippen molar-refractivity contribution in [1.82, 2.24) is 4.90 Å². The highest BCUT2D eigenvalue weighted by Gasteiger charge is 2.61. The Morgan fingerprint density at radius 2 is 2.10 bits per heavy atom. The highest BCUT2D eigenvalue weighted by molar-refractivity contribution is 5.79. The van der Waals surface area contributed by atoms with E-state index in [1.165, 1.54) is 0 Å². The summed E-state index contributed by atoms with van der Waals surface area (Å²) in [6, 6.07) is 9.54. The number of likely N-dealkylation sites (tertiary alicyclic amines) is 1. The maximum absolute atomic E-state index is 12.1. The van der Waals surface area contributed by atoms with E-state index in [-0.39, 0.29) is 18.6 Å². The van der Waals surface area contributed by atoms with Crippen LogP contribution >= 0.6 is 0 Å². The molecular formula is C16H19NO4. The molecule has 0 aromatic heterocycles. The van der Waals surface area contributed by atoms with E-state index < -0.39 is 11.4 Å². The summed E-state index contributed by atoms with van der Waals surface area (Å²) in [4.78, 5) is 25.1. The maximum Gasteiger partial charge on any atom is 0.410 e. The predicted molar refractivity (Wildman–Crippen MR) is 75.6 cm³/mol. The molecule has 2 fully saturated rings. The van der Waals surface area contributed by atoms with Crippen LogP contribution in [0, 0.1) is 11.3 Å². The molecule has 2 atom stereocenters. The molecule has 2 aliphatic rings. The largest absolute Gasteiger partial charge is 0.481 e. The fourth-order valence-electron chi connectivity index (χ4n) is 3.21. The van der Waals surface area contributed by atoms with Gasteiger partial charge in [0.1, 0.15) is 6.61 Å². The third-order valence-electron chi connectivity index (χ3n) is 4.61. The normalized spacial score (nSPS) is 27.4. The van der Waals surface area contributed by atoms with Crippen molar-refractivity contribution in [3.63, 3.8) is 0 Å². The summed E-state index contributed by atoms with van der Waals surface area (Å²) >= 11 is 0. The first-order chi connectivity index (χ1) is 10.1. The fourth-order valence-corrected chi connectivity index (χ4v) is 3.21. The molecule has 0 spiro atoms. The van der Waals surface area contributed by atoms with E-state index in [4.69, 9.17) is 4.74 Å². The van der Waals surface area contributed by atoms with Crippen molar-refractivity contribution in [1.29, 1.82) is 0 Å². The van der Waals surface area contributed by atoms with Crippen molar-refractivity contribution >= 4 is 12.1 Å². The van der Waals surface area contributed by atoms with Gasteiger partial charge in [0, 0.05) is 13.1 Å². The van der Waals surface area contributed by atoms with Gasteiger partial charge in [0.25, 0.3) is 0 Å². The molecule has 21 heavy (non-hydrogen) atoms. The van der Waals surface area contributed by atoms with Crippen LogP contribution in [0.1, 0.15) is 24.8 Å². The minimum atomic E-state index is -0.716. The van der Waals surface area contributed by atoms with Gasteiger partial charge in [0.2, 0.25) is 0 Å². The van der Waals surface area contributed by atoms with Gasteiger partial charge in [-0.25, -0.2) is 4.79 Å². The highest BCUT2D eigenvalue weighted by Crippen LogP contribution is 2.57. The molecule has 2 unspecified atom stereocenters. The van der Waals surface area contributed by atoms with Gasteiger partial charge in [-0.3, -0.25) is 4.79 Å². The Bertz CT molecular complexity index is 544. The molecule has 5 heteroatoms. The molecule has 1 aliphatic carbocycles. The Balaban J connectivity index is 1.55. The number of carboxylic acid groups (broad SMARTS) is 1. The number of rotatable bonds is 3. The van der Waals surface area contributed by atoms with Crippen molar-refractivity contribution in [2.24, 2.45) is 11.3 Å². The van der Waals surface area contributed by atoms with Crippen LogP contribution in [0.25, 0.3) is 0 Å². The molecule has 1 heterocycles. The maximum atomic E-state index is 12.1. The number of carboxylic acids is 1. The first-order valence-corrected chi connectivity index (χ1v) is 7.31. The van der Waals surface area contributed by atoms with E-state index in [0.717, 1.165) is 12.0 Å². The molecule has 1 aliphatic heterocycles. The van der Waals surface area contributed by atoms with Crippen LogP contribution in [0.3, 0.4) is 0 Å². The van der Waals surface area contributed by atoms with Gasteiger partial charge in [-0.2, -0.15) is 0 Å². The number of hydrogen-bond acceptors (Lipinski definition) is 3. The van der Waals surface area contributed by atoms with Gasteiger partial charge < -0.3 is 14.7 Å². The third-order valence-corrected chi connectivity index (χ3v) is 4.61. The van der Waals surface area contributed by atoms with E-state index in [1.807, 2.05) is 30.3 Å². The quantitative estimate of drug-likeness (QED) is 0.928. The van der Waals surface area contributed by atoms with Crippen molar-refractivity contribution in [3.05, 3.63) is 35.9 Å². The average molecular weight is 289 g/mol. The molecule has 1 aromatic carbocycles. The number of hydrogen-bond donors (Lipinski definition) is 1. The lowest BCUT2D eigenvalue weighted by molar-refractivity contribution is -0.144. The summed E-state index contributed by atoms with van der Waals surface area (Å²) in [5, 5.41) is 9.31. The van der Waals surface area contributed by atoms with Crippen molar-refractivity contribution in [2.45, 2.75) is 25.9 Å². The van der Waals surface area contributed by atoms with Crippen LogP contribution in [-0.2, 0) is 16.1 Å². The number of carbonyl (C=O) groups excluding carboxylic acids is 1. The molecule has 0 bridgehead atoms. The van der Waals surface area contributed by atoms with Crippen molar-refractivity contribution in [3.8, 4) is 0 Å². The summed E-state index contributed by atoms with van der Waals surface area (Å²) in [7, 11) is 0. The van der Waals surface area contributed by atoms with E-state index >= 15 is 0 Å². The molecular weight excluding hydrogens is 270 g/mol. The van der Waals surface area contributed by atoms with Crippen molar-refractivity contribution in [2.75, 3.05) is 13.1 Å². The molecule has 1 saturated carbocycles. The number of ether oxygens (including phenoxy) is 1. The summed E-state index contributed by atoms with van der Waals surface area (Å²) in [5.74, 6) is -0.631. The molecule has 0 radical (unpaired) electrons. The predicted octanol–water partition coefficient (Wildman–Crippen LogP) is 2.51. The van der Waals surface area contributed by atoms with Gasteiger partial charge in [0.15, 0.2) is 0 Å². The number of amides is 1. The molecule has 1 N–H and O–H groups in total. The average Bonchev–Trinajstić information content (AvgIpc) is 3.20. The van der Waals surface area contributed by atoms with Crippen LogP contribution in [-0.4, -0.2) is 35.2 Å². The van der Waals surface area contributed by atoms with Crippen LogP contribution in [0.5, 0.6) is 0 Å². The minimum absolute atomic E-state index is 0.0850. The second-order valence-electron chi connectivity index (χ2n) is 5.95. The van der Waals surface area contributed by atoms with E-state index in [2.05, 4.69) is 0 Å². The molecule has 1 amide bonds. The van der Waals surface area contributed by atoms with Crippen LogP contribution in [0.15, 0.2) is 30.3 Å². The monoisotopic (exact) mass is 289 g/mol. The first-order valence-electron chi connectivity index (χ1n) is 7.31. The topological polar surface area (TPSA) is 66.8 Å². The zero-order valence-electron chi connectivity index (χ0n) is 11.8. The second-order valence-corrected chi connectivity index (χ2v) is 5.95. The van der Waals surface area contributed by atoms with Crippen molar-refractivity contribution < 1.29 is 19.4 Å². The number of benzene rings is 1. The summed E-state index contributed by atoms with van der Waals surface area (Å²) < 4.78 is 5.32. The number of fused-ring (bicyclic) bond motifs is 1. The summed E-state index contributed by atoms with van der Waals surface area (Å²) in [6.07, 6.45) is 1.73. The Labute approximate surface area is 123 Å². The summed E-state index contributed by atoms with van der Waals surface area (Å²) in [5.41, 5.74) is 0.376. The first kappa shape index (κ1) is 13.9. The van der Waals surface area contributed by atoms with Gasteiger partial charge in [-0.15, -0.1) is 0 Å². The second kappa shape index (κ2) is 5.39. The number of nitrogens with zero attached hydrogens (tertiary/aromatic N) is 1. The smallest absolute Gasteiger partial charge is 0.410 e. The zero-order valence-corrected chi connectivity index (χ0v) is 11.8. The van der Waals surface area contributed by atoms with Crippen LogP contribution in [0.2, 0.25) is 0 Å². The third kappa shape index (κ3) is 2.73. The van der Waals surface area contributed by atoms with Gasteiger partial charge in [0.05, 0.1) is 5.41 Å². The van der Waals surface area contributed by atoms with Crippen LogP contribution in [0.4, 0.5) is 4.79 Å². The molecule has 3 rings (SSSR count). The van der Waals surface area contributed by atoms with Crippen LogP contribution < -0.4 is 0 Å². The Hall–Kier alpha value is -2.04. The standard InChI is InChI=1S/C16H19NO4/c18-14(19)16-7-4-8-17(10-13(16)9-16)15(20)21-11-12-5-2-1-3-6-12/h1-3,5-6,13H,4,7-11H2,(H,18,19). The summed E-state index contributed by atoms with van der Waals surface area (Å²) in [6.45, 7) is 1.34. The molecule has 5 nitrogen and oxygen atoms in total. The lowest BCUT2D eigenvalue weighted by Crippen LogP contribution is -2.33. The van der Waals surface area contributed by atoms with E-state index in [9.17, 15) is 14.7 Å². The van der Waals surface area contributed by atoms with Gasteiger partial charge >= 0.3 is 12.1 Å². The molecule has 1 saturated heterocycles. The lowest BCUT2D eigenvalue weighted by atomic mass is 9.98. The Morgan fingerprint density at radius 1 is 1.33 bits per heavy atom. The minimum Gasteiger partial charge on any atom is -0.481 e. The Kier molecular flexibility index (Phi) is 3.57. The highest BCUT2D eigenvalue weighted by atomic mass is 16.6. The van der Waals surface area contributed by atoms with Gasteiger partial charge in [-0.1, -0.05) is 30.3 Å². The van der Waals surface area contributed by atoms with Gasteiger partial charge in [-0.05, 0) is 30.7 Å². The van der Waals surface area contributed by atoms with E-state index in [1.54, 1.807) is 4.90 Å². The SMILES string of the molecule is O=C(OCc1ccccc1)N1CCCC2(C(=O)O)CC2C1. The lowest BCUT2D eigenvalue weighted by Gasteiger charge is -2.20.